The second kappa shape index (κ2) is 9.87. The second-order valence-corrected chi connectivity index (χ2v) is 11.6. The van der Waals surface area contributed by atoms with Gasteiger partial charge >= 0.3 is 23.5 Å². The van der Waals surface area contributed by atoms with Crippen molar-refractivity contribution in [2.45, 2.75) is 31.5 Å². The zero-order valence-electron chi connectivity index (χ0n) is 17.2. The Bertz CT molecular complexity index is 1260. The van der Waals surface area contributed by atoms with Crippen LogP contribution in [0.25, 0.3) is 11.0 Å². The van der Waals surface area contributed by atoms with Gasteiger partial charge in [0.15, 0.2) is 5.65 Å². The summed E-state index contributed by atoms with van der Waals surface area (Å²) in [6.07, 6.45) is -2.30. The molecule has 0 spiro atoms. The van der Waals surface area contributed by atoms with Gasteiger partial charge < -0.3 is 39.9 Å². The Hall–Kier alpha value is -1.49. The lowest BCUT2D eigenvalue weighted by molar-refractivity contribution is -0.0422. The molecule has 0 aliphatic carbocycles. The van der Waals surface area contributed by atoms with Crippen LogP contribution in [0.3, 0.4) is 0 Å². The zero-order valence-corrected chi connectivity index (χ0v) is 19.8. The summed E-state index contributed by atoms with van der Waals surface area (Å²) in [7, 11) is -15.3. The number of aliphatic hydroxyl groups is 2. The van der Waals surface area contributed by atoms with Crippen LogP contribution in [-0.4, -0.2) is 65.4 Å². The Morgan fingerprint density at radius 2 is 1.88 bits per heavy atom. The standard InChI is InChI=1S/C13H21N4O14P3/c1-27-32(21,22)30-34(25,26)31-33(23,24)28-5-8-7(19)2-9(29-8)17-3-6(4-18)10-11(17)15-13(14)16-12(10)20/h3,7-9,18-19H,2,4-5H2,1H3,(H,21,22)(H,23,24)(H,25,26)(H3,14,15,16,20)/t7-,8-,9-/m1/s1. The molecule has 3 rings (SSSR count). The van der Waals surface area contributed by atoms with Crippen LogP contribution in [-0.2, 0) is 42.7 Å². The number of aliphatic hydroxyl groups excluding tert-OH is 2. The summed E-state index contributed by atoms with van der Waals surface area (Å²) in [6.45, 7) is -1.35. The van der Waals surface area contributed by atoms with Crippen molar-refractivity contribution in [1.29, 1.82) is 0 Å². The molecule has 0 amide bonds. The summed E-state index contributed by atoms with van der Waals surface area (Å²) < 4.78 is 57.9. The highest BCUT2D eigenvalue weighted by Gasteiger charge is 2.43. The van der Waals surface area contributed by atoms with Crippen LogP contribution in [0.1, 0.15) is 18.2 Å². The number of ether oxygens (including phenoxy) is 1. The minimum atomic E-state index is -5.59. The highest BCUT2D eigenvalue weighted by molar-refractivity contribution is 7.66. The Labute approximate surface area is 189 Å². The summed E-state index contributed by atoms with van der Waals surface area (Å²) >= 11 is 0. The van der Waals surface area contributed by atoms with Gasteiger partial charge in [0, 0.05) is 25.3 Å². The van der Waals surface area contributed by atoms with Crippen molar-refractivity contribution in [3.05, 3.63) is 22.1 Å². The molecule has 8 N–H and O–H groups in total. The number of aromatic nitrogens is 3. The lowest BCUT2D eigenvalue weighted by atomic mass is 10.2. The first-order valence-electron chi connectivity index (χ1n) is 9.12. The largest absolute Gasteiger partial charge is 0.490 e. The first-order chi connectivity index (χ1) is 15.7. The number of rotatable bonds is 10. The zero-order chi connectivity index (χ0) is 25.5. The Kier molecular flexibility index (Phi) is 7.87. The number of H-pyrrole nitrogens is 1. The number of nitrogen functional groups attached to an aromatic ring is 1. The molecule has 1 saturated heterocycles. The molecule has 1 fully saturated rings. The molecule has 192 valence electrons. The number of phosphoric acid groups is 3. The average Bonchev–Trinajstić information content (AvgIpc) is 3.24. The molecule has 0 bridgehead atoms. The lowest BCUT2D eigenvalue weighted by Crippen LogP contribution is -2.26. The van der Waals surface area contributed by atoms with Gasteiger partial charge in [-0.2, -0.15) is 13.6 Å². The average molecular weight is 550 g/mol. The van der Waals surface area contributed by atoms with Gasteiger partial charge in [-0.1, -0.05) is 0 Å². The molecule has 6 atom stereocenters. The molecule has 34 heavy (non-hydrogen) atoms. The van der Waals surface area contributed by atoms with Gasteiger partial charge in [-0.3, -0.25) is 18.8 Å². The predicted molar refractivity (Wildman–Crippen MR) is 110 cm³/mol. The van der Waals surface area contributed by atoms with E-state index in [9.17, 15) is 38.5 Å². The molecule has 0 saturated carbocycles. The van der Waals surface area contributed by atoms with Crippen molar-refractivity contribution in [1.82, 2.24) is 14.5 Å². The number of hydrogen-bond donors (Lipinski definition) is 7. The minimum absolute atomic E-state index is 0.0404. The second-order valence-electron chi connectivity index (χ2n) is 6.85. The first kappa shape index (κ1) is 27.1. The maximum absolute atomic E-state index is 12.2. The number of nitrogens with one attached hydrogen (secondary N) is 1. The Morgan fingerprint density at radius 3 is 2.50 bits per heavy atom. The molecule has 18 nitrogen and oxygen atoms in total. The third-order valence-corrected chi connectivity index (χ3v) is 8.75. The molecule has 21 heteroatoms. The van der Waals surface area contributed by atoms with E-state index >= 15 is 0 Å². The lowest BCUT2D eigenvalue weighted by Gasteiger charge is -2.20. The van der Waals surface area contributed by atoms with Crippen molar-refractivity contribution >= 4 is 40.4 Å². The quantitative estimate of drug-likeness (QED) is 0.183. The van der Waals surface area contributed by atoms with Gasteiger partial charge in [-0.05, 0) is 0 Å². The van der Waals surface area contributed by atoms with E-state index in [4.69, 9.17) is 15.4 Å². The monoisotopic (exact) mass is 550 g/mol. The fourth-order valence-electron chi connectivity index (χ4n) is 3.12. The Morgan fingerprint density at radius 1 is 1.24 bits per heavy atom. The van der Waals surface area contributed by atoms with Gasteiger partial charge in [0.25, 0.3) is 5.56 Å². The number of nitrogens with two attached hydrogens (primary N) is 1. The van der Waals surface area contributed by atoms with E-state index in [1.165, 1.54) is 10.8 Å². The molecule has 3 heterocycles. The van der Waals surface area contributed by atoms with Crippen LogP contribution in [0.5, 0.6) is 0 Å². The minimum Gasteiger partial charge on any atom is -0.392 e. The van der Waals surface area contributed by atoms with Crippen LogP contribution < -0.4 is 11.3 Å². The van der Waals surface area contributed by atoms with Gasteiger partial charge in [0.05, 0.1) is 24.7 Å². The van der Waals surface area contributed by atoms with Gasteiger partial charge in [-0.15, -0.1) is 0 Å². The number of hydrogen-bond acceptors (Lipinski definition) is 13. The van der Waals surface area contributed by atoms with Crippen molar-refractivity contribution in [3.8, 4) is 0 Å². The van der Waals surface area contributed by atoms with Crippen molar-refractivity contribution in [3.63, 3.8) is 0 Å². The van der Waals surface area contributed by atoms with E-state index in [1.54, 1.807) is 0 Å². The summed E-state index contributed by atoms with van der Waals surface area (Å²) in [4.78, 5) is 46.5. The first-order valence-corrected chi connectivity index (χ1v) is 13.6. The Balaban J connectivity index is 1.72. The summed E-state index contributed by atoms with van der Waals surface area (Å²) in [5, 5.41) is 19.9. The van der Waals surface area contributed by atoms with Crippen LogP contribution in [0, 0.1) is 0 Å². The molecular weight excluding hydrogens is 529 g/mol. The molecule has 2 aromatic rings. The van der Waals surface area contributed by atoms with E-state index in [1.807, 2.05) is 0 Å². The molecule has 1 aliphatic rings. The van der Waals surface area contributed by atoms with Gasteiger partial charge in [-0.25, -0.2) is 13.7 Å². The summed E-state index contributed by atoms with van der Waals surface area (Å²) in [6, 6.07) is 0. The maximum Gasteiger partial charge on any atom is 0.490 e. The van der Waals surface area contributed by atoms with Crippen LogP contribution in [0.2, 0.25) is 0 Å². The number of nitrogens with zero attached hydrogens (tertiary/aromatic N) is 2. The highest BCUT2D eigenvalue weighted by atomic mass is 31.3. The number of phosphoric ester groups is 2. The topological polar surface area (TPSA) is 275 Å². The number of anilines is 1. The third-order valence-electron chi connectivity index (χ3n) is 4.51. The number of fused-ring (bicyclic) bond motifs is 1. The normalized spacial score (nSPS) is 26.2. The molecule has 3 unspecified atom stereocenters. The van der Waals surface area contributed by atoms with E-state index in [2.05, 4.69) is 27.6 Å². The fraction of sp³-hybridized carbons (Fsp3) is 0.538. The van der Waals surface area contributed by atoms with Gasteiger partial charge in [0.2, 0.25) is 5.95 Å². The van der Waals surface area contributed by atoms with Gasteiger partial charge in [0.1, 0.15) is 12.3 Å². The van der Waals surface area contributed by atoms with E-state index in [0.717, 1.165) is 0 Å². The molecule has 0 radical (unpaired) electrons. The van der Waals surface area contributed by atoms with Crippen LogP contribution in [0.15, 0.2) is 11.0 Å². The van der Waals surface area contributed by atoms with E-state index < -0.39 is 60.7 Å². The van der Waals surface area contributed by atoms with Crippen LogP contribution >= 0.6 is 23.5 Å². The molecule has 1 aliphatic heterocycles. The SMILES string of the molecule is COP(=O)(O)OP(=O)(O)OP(=O)(O)OC[C@H]1O[C@@H](n2cc(CO)c3c(=O)[nH]c(N)nc32)C[C@H]1O. The number of aromatic amines is 1. The fourth-order valence-corrected chi connectivity index (χ4v) is 6.39. The summed E-state index contributed by atoms with van der Waals surface area (Å²) in [5.74, 6) is -0.213. The van der Waals surface area contributed by atoms with Crippen molar-refractivity contribution in [2.24, 2.45) is 0 Å². The maximum atomic E-state index is 12.2. The third kappa shape index (κ3) is 6.19. The van der Waals surface area contributed by atoms with Crippen molar-refractivity contribution < 1.29 is 61.0 Å². The smallest absolute Gasteiger partial charge is 0.392 e. The van der Waals surface area contributed by atoms with Crippen molar-refractivity contribution in [2.75, 3.05) is 19.5 Å². The molecular formula is C13H21N4O14P3. The predicted octanol–water partition coefficient (Wildman–Crippen LogP) is -0.555. The molecule has 0 aromatic carbocycles. The summed E-state index contributed by atoms with van der Waals surface area (Å²) in [5.41, 5.74) is 5.20. The highest BCUT2D eigenvalue weighted by Crippen LogP contribution is 2.67. The van der Waals surface area contributed by atoms with E-state index in [-0.39, 0.29) is 29.0 Å². The van der Waals surface area contributed by atoms with Crippen LogP contribution in [0.4, 0.5) is 5.95 Å². The molecule has 2 aromatic heterocycles. The van der Waals surface area contributed by atoms with E-state index in [0.29, 0.717) is 7.11 Å².